The minimum absolute atomic E-state index is 0.0244. The number of furan rings is 1. The number of hydrogen-bond donors (Lipinski definition) is 0. The number of carbonyl (C=O) groups excluding carboxylic acids is 1. The summed E-state index contributed by atoms with van der Waals surface area (Å²) in [5.41, 5.74) is 0.508. The topological polar surface area (TPSA) is 71.1 Å². The SMILES string of the molecule is Cn1nc(-c2ccco2)cc1C(=O)[O-]. The Hall–Kier alpha value is -2.04. The van der Waals surface area contributed by atoms with Gasteiger partial charge in [0.1, 0.15) is 5.69 Å². The summed E-state index contributed by atoms with van der Waals surface area (Å²) in [6, 6.07) is 4.83. The highest BCUT2D eigenvalue weighted by Gasteiger charge is 2.09. The van der Waals surface area contributed by atoms with Crippen molar-refractivity contribution in [2.75, 3.05) is 0 Å². The lowest BCUT2D eigenvalue weighted by atomic mass is 10.3. The van der Waals surface area contributed by atoms with Crippen molar-refractivity contribution in [2.45, 2.75) is 0 Å². The second-order valence-electron chi connectivity index (χ2n) is 2.80. The van der Waals surface area contributed by atoms with Crippen molar-refractivity contribution in [3.63, 3.8) is 0 Å². The lowest BCUT2D eigenvalue weighted by Gasteiger charge is -1.99. The van der Waals surface area contributed by atoms with Gasteiger partial charge in [-0.15, -0.1) is 0 Å². The Morgan fingerprint density at radius 1 is 1.64 bits per heavy atom. The van der Waals surface area contributed by atoms with E-state index in [0.717, 1.165) is 0 Å². The number of carboxylic acid groups (broad SMARTS) is 1. The van der Waals surface area contributed by atoms with Crippen LogP contribution >= 0.6 is 0 Å². The Balaban J connectivity index is 2.48. The van der Waals surface area contributed by atoms with Gasteiger partial charge in [0.15, 0.2) is 5.76 Å². The molecule has 0 aliphatic rings. The molecule has 14 heavy (non-hydrogen) atoms. The van der Waals surface area contributed by atoms with Crippen LogP contribution in [0.25, 0.3) is 11.5 Å². The van der Waals surface area contributed by atoms with E-state index in [-0.39, 0.29) is 5.69 Å². The molecule has 0 aliphatic heterocycles. The number of carboxylic acids is 1. The van der Waals surface area contributed by atoms with Crippen molar-refractivity contribution < 1.29 is 14.3 Å². The van der Waals surface area contributed by atoms with Gasteiger partial charge in [0, 0.05) is 7.05 Å². The molecule has 0 radical (unpaired) electrons. The Morgan fingerprint density at radius 3 is 2.93 bits per heavy atom. The Kier molecular flexibility index (Phi) is 1.85. The standard InChI is InChI=1S/C9H8N2O3/c1-11-7(9(12)13)5-6(10-11)8-3-2-4-14-8/h2-5H,1H3,(H,12,13)/p-1. The highest BCUT2D eigenvalue weighted by molar-refractivity contribution is 5.85. The molecular formula is C9H7N2O3-. The van der Waals surface area contributed by atoms with Gasteiger partial charge < -0.3 is 14.3 Å². The Morgan fingerprint density at radius 2 is 2.43 bits per heavy atom. The molecule has 0 saturated heterocycles. The van der Waals surface area contributed by atoms with Crippen LogP contribution in [0, 0.1) is 0 Å². The van der Waals surface area contributed by atoms with Gasteiger partial charge in [-0.25, -0.2) is 0 Å². The number of aromatic nitrogens is 2. The first-order chi connectivity index (χ1) is 6.68. The maximum Gasteiger partial charge on any atom is 0.154 e. The van der Waals surface area contributed by atoms with E-state index in [0.29, 0.717) is 11.5 Å². The molecule has 0 bridgehead atoms. The van der Waals surface area contributed by atoms with Gasteiger partial charge in [-0.1, -0.05) is 0 Å². The van der Waals surface area contributed by atoms with E-state index in [1.165, 1.54) is 24.1 Å². The van der Waals surface area contributed by atoms with Crippen LogP contribution in [-0.4, -0.2) is 15.7 Å². The number of aryl methyl sites for hydroxylation is 1. The largest absolute Gasteiger partial charge is 0.543 e. The first-order valence-electron chi connectivity index (χ1n) is 3.98. The number of nitrogens with zero attached hydrogens (tertiary/aromatic N) is 2. The maximum atomic E-state index is 10.6. The average Bonchev–Trinajstić information content (AvgIpc) is 2.70. The molecule has 0 saturated carbocycles. The van der Waals surface area contributed by atoms with E-state index < -0.39 is 5.97 Å². The van der Waals surface area contributed by atoms with E-state index in [4.69, 9.17) is 4.42 Å². The van der Waals surface area contributed by atoms with Gasteiger partial charge in [0.2, 0.25) is 0 Å². The van der Waals surface area contributed by atoms with Crippen LogP contribution in [0.1, 0.15) is 10.5 Å². The van der Waals surface area contributed by atoms with Crippen LogP contribution in [0.15, 0.2) is 28.9 Å². The molecule has 2 aromatic heterocycles. The highest BCUT2D eigenvalue weighted by atomic mass is 16.4. The summed E-state index contributed by atoms with van der Waals surface area (Å²) >= 11 is 0. The van der Waals surface area contributed by atoms with Crippen LogP contribution in [0.2, 0.25) is 0 Å². The van der Waals surface area contributed by atoms with Gasteiger partial charge in [-0.3, -0.25) is 4.68 Å². The number of rotatable bonds is 2. The van der Waals surface area contributed by atoms with Crippen LogP contribution in [0.5, 0.6) is 0 Å². The Labute approximate surface area is 79.6 Å². The second kappa shape index (κ2) is 3.02. The zero-order valence-corrected chi connectivity index (χ0v) is 7.43. The third-order valence-corrected chi connectivity index (χ3v) is 1.86. The van der Waals surface area contributed by atoms with Crippen molar-refractivity contribution in [1.82, 2.24) is 9.78 Å². The fraction of sp³-hybridized carbons (Fsp3) is 0.111. The average molecular weight is 191 g/mol. The molecule has 72 valence electrons. The second-order valence-corrected chi connectivity index (χ2v) is 2.80. The monoisotopic (exact) mass is 191 g/mol. The van der Waals surface area contributed by atoms with Gasteiger partial charge in [0.05, 0.1) is 17.9 Å². The first-order valence-corrected chi connectivity index (χ1v) is 3.98. The van der Waals surface area contributed by atoms with Gasteiger partial charge >= 0.3 is 0 Å². The summed E-state index contributed by atoms with van der Waals surface area (Å²) in [5, 5.41) is 14.6. The van der Waals surface area contributed by atoms with Crippen LogP contribution in [0.4, 0.5) is 0 Å². The molecule has 0 aliphatic carbocycles. The van der Waals surface area contributed by atoms with Crippen molar-refractivity contribution in [3.05, 3.63) is 30.2 Å². The van der Waals surface area contributed by atoms with E-state index in [2.05, 4.69) is 5.10 Å². The van der Waals surface area contributed by atoms with Crippen molar-refractivity contribution in [1.29, 1.82) is 0 Å². The number of hydrogen-bond acceptors (Lipinski definition) is 4. The predicted molar refractivity (Wildman–Crippen MR) is 45.2 cm³/mol. The van der Waals surface area contributed by atoms with Crippen molar-refractivity contribution >= 4 is 5.97 Å². The molecule has 0 spiro atoms. The lowest BCUT2D eigenvalue weighted by Crippen LogP contribution is -2.24. The van der Waals surface area contributed by atoms with Crippen molar-refractivity contribution in [2.24, 2.45) is 7.05 Å². The molecule has 5 nitrogen and oxygen atoms in total. The van der Waals surface area contributed by atoms with E-state index in [9.17, 15) is 9.90 Å². The van der Waals surface area contributed by atoms with Crippen LogP contribution < -0.4 is 5.11 Å². The zero-order chi connectivity index (χ0) is 10.1. The molecule has 0 atom stereocenters. The third-order valence-electron chi connectivity index (χ3n) is 1.86. The molecule has 0 unspecified atom stereocenters. The smallest absolute Gasteiger partial charge is 0.154 e. The quantitative estimate of drug-likeness (QED) is 0.672. The van der Waals surface area contributed by atoms with Gasteiger partial charge in [0.25, 0.3) is 0 Å². The molecule has 2 heterocycles. The normalized spacial score (nSPS) is 10.4. The summed E-state index contributed by atoms with van der Waals surface area (Å²) in [4.78, 5) is 10.6. The third kappa shape index (κ3) is 1.28. The highest BCUT2D eigenvalue weighted by Crippen LogP contribution is 2.18. The molecule has 2 rings (SSSR count). The van der Waals surface area contributed by atoms with Crippen LogP contribution in [0.3, 0.4) is 0 Å². The molecule has 5 heteroatoms. The van der Waals surface area contributed by atoms with E-state index >= 15 is 0 Å². The van der Waals surface area contributed by atoms with Gasteiger partial charge in [-0.2, -0.15) is 5.10 Å². The summed E-state index contributed by atoms with van der Waals surface area (Å²) < 4.78 is 6.32. The fourth-order valence-electron chi connectivity index (χ4n) is 1.20. The zero-order valence-electron chi connectivity index (χ0n) is 7.43. The minimum Gasteiger partial charge on any atom is -0.543 e. The Bertz CT molecular complexity index is 456. The van der Waals surface area contributed by atoms with Crippen LogP contribution in [-0.2, 0) is 7.05 Å². The summed E-state index contributed by atoms with van der Waals surface area (Å²) in [7, 11) is 1.54. The first kappa shape index (κ1) is 8.55. The fourth-order valence-corrected chi connectivity index (χ4v) is 1.20. The summed E-state index contributed by atoms with van der Waals surface area (Å²) in [6.07, 6.45) is 1.50. The molecule has 0 N–H and O–H groups in total. The molecule has 2 aromatic rings. The van der Waals surface area contributed by atoms with E-state index in [1.807, 2.05) is 0 Å². The summed E-state index contributed by atoms with van der Waals surface area (Å²) in [6.45, 7) is 0. The van der Waals surface area contributed by atoms with E-state index in [1.54, 1.807) is 12.1 Å². The van der Waals surface area contributed by atoms with Gasteiger partial charge in [-0.05, 0) is 18.2 Å². The molecule has 0 aromatic carbocycles. The summed E-state index contributed by atoms with van der Waals surface area (Å²) in [5.74, 6) is -0.717. The molecular weight excluding hydrogens is 184 g/mol. The molecule has 0 fully saturated rings. The number of aromatic carboxylic acids is 1. The minimum atomic E-state index is -1.25. The lowest BCUT2D eigenvalue weighted by molar-refractivity contribution is -0.255. The maximum absolute atomic E-state index is 10.6. The number of carbonyl (C=O) groups is 1. The predicted octanol–water partition coefficient (Wildman–Crippen LogP) is 0.0436. The van der Waals surface area contributed by atoms with Crippen molar-refractivity contribution in [3.8, 4) is 11.5 Å². The molecule has 0 amide bonds.